The summed E-state index contributed by atoms with van der Waals surface area (Å²) >= 11 is 0. The number of para-hydroxylation sites is 1. The molecule has 1 rings (SSSR count). The van der Waals surface area contributed by atoms with E-state index in [4.69, 9.17) is 14.5 Å². The van der Waals surface area contributed by atoms with E-state index in [0.717, 1.165) is 18.6 Å². The second-order valence-electron chi connectivity index (χ2n) is 3.61. The Morgan fingerprint density at radius 1 is 1.06 bits per heavy atom. The monoisotopic (exact) mass is 244 g/mol. The van der Waals surface area contributed by atoms with Gasteiger partial charge in [-0.05, 0) is 31.4 Å². The van der Waals surface area contributed by atoms with Crippen LogP contribution < -0.4 is 4.74 Å². The average Bonchev–Trinajstić information content (AvgIpc) is 2.23. The van der Waals surface area contributed by atoms with Crippen molar-refractivity contribution in [2.24, 2.45) is 0 Å². The molecular weight excluding hydrogens is 227 g/mol. The van der Waals surface area contributed by atoms with E-state index in [-0.39, 0.29) is 6.16 Å². The van der Waals surface area contributed by atoms with Crippen molar-refractivity contribution in [3.8, 4) is 5.75 Å². The first-order chi connectivity index (χ1) is 7.58. The van der Waals surface area contributed by atoms with E-state index in [1.165, 1.54) is 0 Å². The average molecular weight is 244 g/mol. The molecular formula is C11H17O4P. The van der Waals surface area contributed by atoms with Crippen molar-refractivity contribution in [2.45, 2.75) is 19.3 Å². The Bertz CT molecular complexity index is 333. The lowest BCUT2D eigenvalue weighted by atomic mass is 10.3. The normalized spacial score (nSPS) is 11.4. The minimum Gasteiger partial charge on any atom is -0.494 e. The van der Waals surface area contributed by atoms with Crippen LogP contribution in [0.1, 0.15) is 19.3 Å². The van der Waals surface area contributed by atoms with Crippen molar-refractivity contribution in [1.29, 1.82) is 0 Å². The number of ether oxygens (including phenoxy) is 1. The van der Waals surface area contributed by atoms with Crippen LogP contribution in [0.2, 0.25) is 0 Å². The molecule has 4 nitrogen and oxygen atoms in total. The standard InChI is InChI=1S/C11H17O4P/c12-16(13,14)10-6-2-5-9-15-11-7-3-1-4-8-11/h1,3-4,7-8H,2,5-6,9-10H2,(H2,12,13,14). The minimum absolute atomic E-state index is 0.0294. The van der Waals surface area contributed by atoms with Gasteiger partial charge in [0.1, 0.15) is 5.75 Å². The van der Waals surface area contributed by atoms with Crippen LogP contribution in [-0.2, 0) is 4.57 Å². The number of hydrogen-bond donors (Lipinski definition) is 2. The Morgan fingerprint density at radius 3 is 2.38 bits per heavy atom. The molecule has 0 saturated heterocycles. The molecule has 0 heterocycles. The fourth-order valence-corrected chi connectivity index (χ4v) is 1.94. The van der Waals surface area contributed by atoms with Gasteiger partial charge in [0.2, 0.25) is 0 Å². The molecule has 0 aromatic heterocycles. The smallest absolute Gasteiger partial charge is 0.325 e. The van der Waals surface area contributed by atoms with Crippen LogP contribution >= 0.6 is 7.60 Å². The molecule has 0 aliphatic carbocycles. The second kappa shape index (κ2) is 6.69. The number of rotatable bonds is 7. The van der Waals surface area contributed by atoms with E-state index in [9.17, 15) is 4.57 Å². The summed E-state index contributed by atoms with van der Waals surface area (Å²) in [7, 11) is -3.81. The molecule has 2 N–H and O–H groups in total. The van der Waals surface area contributed by atoms with Crippen molar-refractivity contribution < 1.29 is 19.1 Å². The Hall–Kier alpha value is -0.830. The largest absolute Gasteiger partial charge is 0.494 e. The summed E-state index contributed by atoms with van der Waals surface area (Å²) in [5.41, 5.74) is 0. The first-order valence-corrected chi connectivity index (χ1v) is 7.10. The molecule has 0 bridgehead atoms. The summed E-state index contributed by atoms with van der Waals surface area (Å²) in [4.78, 5) is 17.3. The van der Waals surface area contributed by atoms with Crippen LogP contribution in [0.15, 0.2) is 30.3 Å². The van der Waals surface area contributed by atoms with Crippen LogP contribution in [0.4, 0.5) is 0 Å². The van der Waals surface area contributed by atoms with Gasteiger partial charge in [-0.25, -0.2) is 0 Å². The SMILES string of the molecule is O=P(O)(O)CCCCCOc1ccccc1. The van der Waals surface area contributed by atoms with Gasteiger partial charge >= 0.3 is 7.60 Å². The van der Waals surface area contributed by atoms with Gasteiger partial charge < -0.3 is 14.5 Å². The van der Waals surface area contributed by atoms with E-state index in [0.29, 0.717) is 13.0 Å². The van der Waals surface area contributed by atoms with Gasteiger partial charge in [-0.3, -0.25) is 4.57 Å². The summed E-state index contributed by atoms with van der Waals surface area (Å²) in [6.07, 6.45) is 2.10. The Kier molecular flexibility index (Phi) is 5.53. The van der Waals surface area contributed by atoms with Crippen LogP contribution in [0.5, 0.6) is 5.75 Å². The highest BCUT2D eigenvalue weighted by Gasteiger charge is 2.10. The predicted octanol–water partition coefficient (Wildman–Crippen LogP) is 2.41. The van der Waals surface area contributed by atoms with Gasteiger partial charge in [0.05, 0.1) is 6.61 Å². The van der Waals surface area contributed by atoms with Crippen molar-refractivity contribution >= 4 is 7.60 Å². The summed E-state index contributed by atoms with van der Waals surface area (Å²) in [6, 6.07) is 9.50. The van der Waals surface area contributed by atoms with Crippen molar-refractivity contribution in [1.82, 2.24) is 0 Å². The lowest BCUT2D eigenvalue weighted by molar-refractivity contribution is 0.305. The maximum Gasteiger partial charge on any atom is 0.325 e. The van der Waals surface area contributed by atoms with Crippen LogP contribution in [0.3, 0.4) is 0 Å². The number of hydrogen-bond acceptors (Lipinski definition) is 2. The molecule has 90 valence electrons. The zero-order chi connectivity index (χ0) is 11.9. The molecule has 0 spiro atoms. The number of benzene rings is 1. The molecule has 0 atom stereocenters. The van der Waals surface area contributed by atoms with Gasteiger partial charge in [-0.1, -0.05) is 18.2 Å². The van der Waals surface area contributed by atoms with E-state index in [1.54, 1.807) is 0 Å². The van der Waals surface area contributed by atoms with Gasteiger partial charge in [-0.15, -0.1) is 0 Å². The number of unbranched alkanes of at least 4 members (excludes halogenated alkanes) is 2. The highest BCUT2D eigenvalue weighted by molar-refractivity contribution is 7.51. The fraction of sp³-hybridized carbons (Fsp3) is 0.455. The highest BCUT2D eigenvalue weighted by Crippen LogP contribution is 2.35. The molecule has 1 aromatic carbocycles. The molecule has 5 heteroatoms. The Balaban J connectivity index is 2.03. The van der Waals surface area contributed by atoms with Crippen LogP contribution in [-0.4, -0.2) is 22.6 Å². The lowest BCUT2D eigenvalue weighted by Gasteiger charge is -2.06. The summed E-state index contributed by atoms with van der Waals surface area (Å²) < 4.78 is 16.0. The molecule has 16 heavy (non-hydrogen) atoms. The van der Waals surface area contributed by atoms with Crippen molar-refractivity contribution in [3.05, 3.63) is 30.3 Å². The van der Waals surface area contributed by atoms with E-state index < -0.39 is 7.60 Å². The zero-order valence-corrected chi connectivity index (χ0v) is 9.97. The third kappa shape index (κ3) is 6.62. The second-order valence-corrected chi connectivity index (χ2v) is 5.39. The lowest BCUT2D eigenvalue weighted by Crippen LogP contribution is -1.98. The maximum atomic E-state index is 10.5. The van der Waals surface area contributed by atoms with Crippen LogP contribution in [0.25, 0.3) is 0 Å². The Labute approximate surface area is 95.4 Å². The quantitative estimate of drug-likeness (QED) is 0.571. The molecule has 0 amide bonds. The summed E-state index contributed by atoms with van der Waals surface area (Å²) in [5, 5.41) is 0. The molecule has 0 aliphatic heterocycles. The first kappa shape index (κ1) is 13.2. The van der Waals surface area contributed by atoms with E-state index in [1.807, 2.05) is 30.3 Å². The fourth-order valence-electron chi connectivity index (χ4n) is 1.30. The molecule has 1 aromatic rings. The Morgan fingerprint density at radius 2 is 1.75 bits per heavy atom. The highest BCUT2D eigenvalue weighted by atomic mass is 31.2. The maximum absolute atomic E-state index is 10.5. The van der Waals surface area contributed by atoms with E-state index in [2.05, 4.69) is 0 Å². The van der Waals surface area contributed by atoms with Gasteiger partial charge in [-0.2, -0.15) is 0 Å². The molecule has 0 fully saturated rings. The zero-order valence-electron chi connectivity index (χ0n) is 9.08. The predicted molar refractivity (Wildman–Crippen MR) is 62.7 cm³/mol. The van der Waals surface area contributed by atoms with Crippen LogP contribution in [0, 0.1) is 0 Å². The molecule has 0 saturated carbocycles. The topological polar surface area (TPSA) is 66.8 Å². The van der Waals surface area contributed by atoms with Gasteiger partial charge in [0.25, 0.3) is 0 Å². The van der Waals surface area contributed by atoms with E-state index >= 15 is 0 Å². The third-order valence-electron chi connectivity index (χ3n) is 2.11. The first-order valence-electron chi connectivity index (χ1n) is 5.30. The van der Waals surface area contributed by atoms with Crippen molar-refractivity contribution in [2.75, 3.05) is 12.8 Å². The van der Waals surface area contributed by atoms with Gasteiger partial charge in [0, 0.05) is 6.16 Å². The summed E-state index contributed by atoms with van der Waals surface area (Å²) in [6.45, 7) is 0.588. The molecule has 0 unspecified atom stereocenters. The van der Waals surface area contributed by atoms with Gasteiger partial charge in [0.15, 0.2) is 0 Å². The van der Waals surface area contributed by atoms with Crippen molar-refractivity contribution in [3.63, 3.8) is 0 Å². The summed E-state index contributed by atoms with van der Waals surface area (Å²) in [5.74, 6) is 0.831. The minimum atomic E-state index is -3.81. The molecule has 0 radical (unpaired) electrons. The third-order valence-corrected chi connectivity index (χ3v) is 3.00. The molecule has 0 aliphatic rings.